The molecule has 0 saturated carbocycles. The van der Waals surface area contributed by atoms with Crippen molar-refractivity contribution in [1.82, 2.24) is 5.32 Å². The minimum atomic E-state index is -0.536. The smallest absolute Gasteiger partial charge is 0.305 e. The van der Waals surface area contributed by atoms with Gasteiger partial charge in [0.1, 0.15) is 0 Å². The van der Waals surface area contributed by atoms with Gasteiger partial charge in [0.05, 0.1) is 11.5 Å². The lowest BCUT2D eigenvalue weighted by Gasteiger charge is -2.05. The van der Waals surface area contributed by atoms with Crippen LogP contribution >= 0.6 is 0 Å². The number of nitro benzene ring substituents is 1. The fraction of sp³-hybridized carbons (Fsp3) is 0.467. The van der Waals surface area contributed by atoms with Crippen LogP contribution in [0.15, 0.2) is 24.3 Å². The standard InChI is InChI=1S/C15H20N2O5/c1-2-22-14(18)9-4-3-5-10-16-15(19)12-7-6-8-13(11-12)17(20)21/h6-8,11H,2-5,9-10H2,1H3,(H,16,19). The number of carbonyl (C=O) groups is 2. The number of esters is 1. The molecule has 0 atom stereocenters. The Morgan fingerprint density at radius 1 is 1.27 bits per heavy atom. The predicted molar refractivity (Wildman–Crippen MR) is 80.5 cm³/mol. The van der Waals surface area contributed by atoms with Crippen LogP contribution in [0, 0.1) is 10.1 Å². The van der Waals surface area contributed by atoms with Gasteiger partial charge in [0, 0.05) is 30.7 Å². The van der Waals surface area contributed by atoms with Crippen molar-refractivity contribution < 1.29 is 19.2 Å². The Balaban J connectivity index is 2.25. The Kier molecular flexibility index (Phi) is 7.60. The summed E-state index contributed by atoms with van der Waals surface area (Å²) in [5.41, 5.74) is 0.155. The summed E-state index contributed by atoms with van der Waals surface area (Å²) in [7, 11) is 0. The van der Waals surface area contributed by atoms with Crippen LogP contribution in [0.2, 0.25) is 0 Å². The number of carbonyl (C=O) groups excluding carboxylic acids is 2. The second-order valence-corrected chi connectivity index (χ2v) is 4.68. The van der Waals surface area contributed by atoms with Crippen LogP contribution in [0.25, 0.3) is 0 Å². The Morgan fingerprint density at radius 2 is 2.05 bits per heavy atom. The summed E-state index contributed by atoms with van der Waals surface area (Å²) in [6.45, 7) is 2.61. The molecular formula is C15H20N2O5. The van der Waals surface area contributed by atoms with Gasteiger partial charge in [-0.3, -0.25) is 19.7 Å². The maximum Gasteiger partial charge on any atom is 0.305 e. The molecule has 0 heterocycles. The topological polar surface area (TPSA) is 98.5 Å². The Morgan fingerprint density at radius 3 is 2.73 bits per heavy atom. The molecule has 0 spiro atoms. The minimum Gasteiger partial charge on any atom is -0.466 e. The van der Waals surface area contributed by atoms with E-state index in [0.29, 0.717) is 26.0 Å². The second-order valence-electron chi connectivity index (χ2n) is 4.68. The number of nitrogens with one attached hydrogen (secondary N) is 1. The van der Waals surface area contributed by atoms with E-state index in [2.05, 4.69) is 5.32 Å². The molecule has 0 unspecified atom stereocenters. The molecule has 0 fully saturated rings. The third-order valence-corrected chi connectivity index (χ3v) is 2.97. The lowest BCUT2D eigenvalue weighted by molar-refractivity contribution is -0.384. The molecule has 7 nitrogen and oxygen atoms in total. The average Bonchev–Trinajstić information content (AvgIpc) is 2.50. The highest BCUT2D eigenvalue weighted by Crippen LogP contribution is 2.12. The van der Waals surface area contributed by atoms with Crippen molar-refractivity contribution in [3.63, 3.8) is 0 Å². The zero-order valence-corrected chi connectivity index (χ0v) is 12.5. The van der Waals surface area contributed by atoms with Crippen molar-refractivity contribution in [3.05, 3.63) is 39.9 Å². The molecule has 0 saturated heterocycles. The van der Waals surface area contributed by atoms with E-state index in [1.54, 1.807) is 6.92 Å². The van der Waals surface area contributed by atoms with Crippen molar-refractivity contribution in [2.24, 2.45) is 0 Å². The van der Waals surface area contributed by atoms with Gasteiger partial charge in [0.25, 0.3) is 11.6 Å². The molecule has 1 aromatic carbocycles. The number of hydrogen-bond donors (Lipinski definition) is 1. The number of ether oxygens (including phenoxy) is 1. The van der Waals surface area contributed by atoms with Crippen LogP contribution in [-0.4, -0.2) is 30.0 Å². The van der Waals surface area contributed by atoms with Crippen LogP contribution in [-0.2, 0) is 9.53 Å². The van der Waals surface area contributed by atoms with Crippen LogP contribution in [0.1, 0.15) is 43.0 Å². The number of rotatable bonds is 9. The highest BCUT2D eigenvalue weighted by atomic mass is 16.6. The molecular weight excluding hydrogens is 288 g/mol. The van der Waals surface area contributed by atoms with Crippen LogP contribution in [0.3, 0.4) is 0 Å². The molecule has 0 bridgehead atoms. The number of non-ortho nitro benzene ring substituents is 1. The van der Waals surface area contributed by atoms with E-state index >= 15 is 0 Å². The van der Waals surface area contributed by atoms with Crippen molar-refractivity contribution in [1.29, 1.82) is 0 Å². The maximum atomic E-state index is 11.8. The van der Waals surface area contributed by atoms with Gasteiger partial charge in [0.15, 0.2) is 0 Å². The van der Waals surface area contributed by atoms with Gasteiger partial charge in [-0.1, -0.05) is 12.5 Å². The summed E-state index contributed by atoms with van der Waals surface area (Å²) in [6.07, 6.45) is 2.63. The first-order valence-electron chi connectivity index (χ1n) is 7.23. The van der Waals surface area contributed by atoms with Gasteiger partial charge in [-0.05, 0) is 25.8 Å². The first-order valence-corrected chi connectivity index (χ1v) is 7.23. The Bertz CT molecular complexity index is 530. The highest BCUT2D eigenvalue weighted by molar-refractivity contribution is 5.94. The SMILES string of the molecule is CCOC(=O)CCCCCNC(=O)c1cccc([N+](=O)[O-])c1. The molecule has 0 aliphatic heterocycles. The Hall–Kier alpha value is -2.44. The second kappa shape index (κ2) is 9.49. The zero-order valence-electron chi connectivity index (χ0n) is 12.5. The summed E-state index contributed by atoms with van der Waals surface area (Å²) in [5, 5.41) is 13.3. The van der Waals surface area contributed by atoms with Gasteiger partial charge in [-0.25, -0.2) is 0 Å². The van der Waals surface area contributed by atoms with Gasteiger partial charge in [0.2, 0.25) is 0 Å². The fourth-order valence-corrected chi connectivity index (χ4v) is 1.87. The summed E-state index contributed by atoms with van der Waals surface area (Å²) < 4.78 is 4.81. The summed E-state index contributed by atoms with van der Waals surface area (Å²) in [6, 6.07) is 5.59. The van der Waals surface area contributed by atoms with Gasteiger partial charge in [-0.2, -0.15) is 0 Å². The summed E-state index contributed by atoms with van der Waals surface area (Å²) >= 11 is 0. The zero-order chi connectivity index (χ0) is 16.4. The molecule has 1 aromatic rings. The average molecular weight is 308 g/mol. The third kappa shape index (κ3) is 6.34. The van der Waals surface area contributed by atoms with E-state index in [0.717, 1.165) is 12.8 Å². The monoisotopic (exact) mass is 308 g/mol. The number of nitro groups is 1. The summed E-state index contributed by atoms with van der Waals surface area (Å²) in [5.74, 6) is -0.544. The fourth-order valence-electron chi connectivity index (χ4n) is 1.87. The molecule has 0 aliphatic rings. The molecule has 120 valence electrons. The minimum absolute atomic E-state index is 0.109. The molecule has 0 aromatic heterocycles. The quantitative estimate of drug-likeness (QED) is 0.327. The van der Waals surface area contributed by atoms with Crippen LogP contribution < -0.4 is 5.32 Å². The Labute approximate surface area is 128 Å². The predicted octanol–water partition coefficient (Wildman–Crippen LogP) is 2.45. The van der Waals surface area contributed by atoms with Crippen LogP contribution in [0.5, 0.6) is 0 Å². The summed E-state index contributed by atoms with van der Waals surface area (Å²) in [4.78, 5) is 33.1. The van der Waals surface area contributed by atoms with E-state index in [9.17, 15) is 19.7 Å². The molecule has 0 radical (unpaired) electrons. The lowest BCUT2D eigenvalue weighted by Crippen LogP contribution is -2.24. The largest absolute Gasteiger partial charge is 0.466 e. The lowest BCUT2D eigenvalue weighted by atomic mass is 10.1. The van der Waals surface area contributed by atoms with E-state index in [-0.39, 0.29) is 23.1 Å². The van der Waals surface area contributed by atoms with Crippen molar-refractivity contribution in [2.75, 3.05) is 13.2 Å². The number of unbranched alkanes of at least 4 members (excludes halogenated alkanes) is 2. The third-order valence-electron chi connectivity index (χ3n) is 2.97. The number of nitrogens with zero attached hydrogens (tertiary/aromatic N) is 1. The van der Waals surface area contributed by atoms with E-state index in [4.69, 9.17) is 4.74 Å². The maximum absolute atomic E-state index is 11.8. The van der Waals surface area contributed by atoms with Gasteiger partial charge < -0.3 is 10.1 Å². The molecule has 1 amide bonds. The number of benzene rings is 1. The first kappa shape index (κ1) is 17.6. The first-order chi connectivity index (χ1) is 10.5. The van der Waals surface area contributed by atoms with Gasteiger partial charge in [-0.15, -0.1) is 0 Å². The molecule has 1 N–H and O–H groups in total. The van der Waals surface area contributed by atoms with Crippen molar-refractivity contribution >= 4 is 17.6 Å². The van der Waals surface area contributed by atoms with Crippen molar-refractivity contribution in [2.45, 2.75) is 32.6 Å². The normalized spacial score (nSPS) is 10.0. The highest BCUT2D eigenvalue weighted by Gasteiger charge is 2.10. The molecule has 0 aliphatic carbocycles. The van der Waals surface area contributed by atoms with Crippen LogP contribution in [0.4, 0.5) is 5.69 Å². The molecule has 1 rings (SSSR count). The number of hydrogen-bond acceptors (Lipinski definition) is 5. The van der Waals surface area contributed by atoms with E-state index in [1.165, 1.54) is 24.3 Å². The molecule has 7 heteroatoms. The van der Waals surface area contributed by atoms with E-state index < -0.39 is 4.92 Å². The number of amides is 1. The van der Waals surface area contributed by atoms with Crippen molar-refractivity contribution in [3.8, 4) is 0 Å². The van der Waals surface area contributed by atoms with Gasteiger partial charge >= 0.3 is 5.97 Å². The van der Waals surface area contributed by atoms with E-state index in [1.807, 2.05) is 0 Å². The molecule has 22 heavy (non-hydrogen) atoms.